The molecule has 1 heterocycles. The molecule has 0 saturated heterocycles. The van der Waals surface area contributed by atoms with E-state index in [0.29, 0.717) is 22.3 Å². The van der Waals surface area contributed by atoms with Crippen LogP contribution < -0.4 is 10.2 Å². The average molecular weight is 494 g/mol. The summed E-state index contributed by atoms with van der Waals surface area (Å²) < 4.78 is 31.7. The van der Waals surface area contributed by atoms with Gasteiger partial charge in [-0.25, -0.2) is 5.43 Å². The number of hydrazone groups is 1. The fraction of sp³-hybridized carbons (Fsp3) is 0.120. The molecule has 4 aromatic rings. The first kappa shape index (κ1) is 24.1. The lowest BCUT2D eigenvalue weighted by Crippen LogP contribution is -2.21. The lowest BCUT2D eigenvalue weighted by molar-refractivity contribution is -0.118. The van der Waals surface area contributed by atoms with E-state index in [2.05, 4.69) is 25.5 Å². The van der Waals surface area contributed by atoms with Crippen LogP contribution in [0, 0.1) is 0 Å². The van der Waals surface area contributed by atoms with E-state index in [1.807, 2.05) is 65.2 Å². The number of halogens is 2. The molecule has 0 spiro atoms. The number of carbonyl (C=O) groups excluding carboxylic acids is 1. The van der Waals surface area contributed by atoms with Crippen LogP contribution in [0.2, 0.25) is 0 Å². The van der Waals surface area contributed by atoms with Crippen molar-refractivity contribution in [1.82, 2.24) is 20.2 Å². The minimum atomic E-state index is -2.96. The summed E-state index contributed by atoms with van der Waals surface area (Å²) in [4.78, 5) is 12.5. The number of para-hydroxylation sites is 2. The summed E-state index contributed by atoms with van der Waals surface area (Å²) in [7, 11) is 0. The molecule has 3 aromatic carbocycles. The number of alkyl halides is 2. The van der Waals surface area contributed by atoms with Gasteiger partial charge in [-0.05, 0) is 31.2 Å². The Kier molecular flexibility index (Phi) is 7.84. The predicted molar refractivity (Wildman–Crippen MR) is 131 cm³/mol. The van der Waals surface area contributed by atoms with Gasteiger partial charge in [0.05, 0.1) is 11.5 Å². The number of nitrogens with one attached hydrogen (secondary N) is 1. The molecule has 10 heteroatoms. The number of aromatic nitrogens is 3. The average Bonchev–Trinajstić information content (AvgIpc) is 3.31. The van der Waals surface area contributed by atoms with Crippen molar-refractivity contribution in [3.8, 4) is 22.8 Å². The number of rotatable bonds is 9. The zero-order chi connectivity index (χ0) is 24.6. The van der Waals surface area contributed by atoms with Gasteiger partial charge in [0.2, 0.25) is 0 Å². The Hall–Kier alpha value is -4.05. The van der Waals surface area contributed by atoms with E-state index in [-0.39, 0.29) is 17.4 Å². The highest BCUT2D eigenvalue weighted by Crippen LogP contribution is 2.27. The molecule has 1 aromatic heterocycles. The molecule has 0 atom stereocenters. The van der Waals surface area contributed by atoms with E-state index >= 15 is 0 Å². The van der Waals surface area contributed by atoms with Crippen LogP contribution in [-0.4, -0.2) is 38.7 Å². The van der Waals surface area contributed by atoms with Gasteiger partial charge in [-0.3, -0.25) is 9.36 Å². The van der Waals surface area contributed by atoms with Crippen LogP contribution in [0.5, 0.6) is 5.75 Å². The first-order chi connectivity index (χ1) is 17.0. The molecular formula is C25H21F2N5O2S. The van der Waals surface area contributed by atoms with Crippen LogP contribution >= 0.6 is 11.8 Å². The number of nitrogens with zero attached hydrogens (tertiary/aromatic N) is 4. The zero-order valence-corrected chi connectivity index (χ0v) is 19.5. The van der Waals surface area contributed by atoms with E-state index < -0.39 is 6.61 Å². The van der Waals surface area contributed by atoms with Crippen LogP contribution in [0.15, 0.2) is 95.2 Å². The third-order valence-electron chi connectivity index (χ3n) is 4.85. The SMILES string of the molecule is CC(=NNC(=O)CSc1nnc(-c2ccccc2)n1-c1ccccc1)c1ccccc1OC(F)F. The van der Waals surface area contributed by atoms with Gasteiger partial charge < -0.3 is 4.74 Å². The fourth-order valence-electron chi connectivity index (χ4n) is 3.28. The van der Waals surface area contributed by atoms with Crippen LogP contribution in [0.1, 0.15) is 12.5 Å². The molecule has 1 N–H and O–H groups in total. The Morgan fingerprint density at radius 3 is 2.37 bits per heavy atom. The number of benzene rings is 3. The van der Waals surface area contributed by atoms with Crippen molar-refractivity contribution in [2.75, 3.05) is 5.75 Å². The van der Waals surface area contributed by atoms with E-state index in [1.54, 1.807) is 25.1 Å². The van der Waals surface area contributed by atoms with Gasteiger partial charge >= 0.3 is 6.61 Å². The van der Waals surface area contributed by atoms with Crippen LogP contribution in [-0.2, 0) is 4.79 Å². The van der Waals surface area contributed by atoms with E-state index in [0.717, 1.165) is 11.3 Å². The molecule has 178 valence electrons. The molecule has 0 bridgehead atoms. The molecule has 0 aliphatic rings. The van der Waals surface area contributed by atoms with Crippen LogP contribution in [0.3, 0.4) is 0 Å². The number of thioether (sulfide) groups is 1. The number of ether oxygens (including phenoxy) is 1. The van der Waals surface area contributed by atoms with E-state index in [9.17, 15) is 13.6 Å². The van der Waals surface area contributed by atoms with Gasteiger partial charge in [0.25, 0.3) is 5.91 Å². The fourth-order valence-corrected chi connectivity index (χ4v) is 4.02. The second-order valence-corrected chi connectivity index (χ2v) is 8.18. The molecule has 0 aliphatic heterocycles. The number of carbonyl (C=O) groups is 1. The second kappa shape index (κ2) is 11.4. The summed E-state index contributed by atoms with van der Waals surface area (Å²) in [6.07, 6.45) is 0. The molecule has 1 amide bonds. The summed E-state index contributed by atoms with van der Waals surface area (Å²) >= 11 is 1.21. The molecule has 0 aliphatic carbocycles. The standard InChI is InChI=1S/C25H21F2N5O2S/c1-17(20-14-8-9-15-21(20)34-24(26)27)28-29-22(33)16-35-25-31-30-23(18-10-4-2-5-11-18)32(25)19-12-6-3-7-13-19/h2-15,24H,16H2,1H3,(H,29,33). The van der Waals surface area contributed by atoms with Gasteiger partial charge in [0.1, 0.15) is 5.75 Å². The second-order valence-electron chi connectivity index (χ2n) is 7.24. The lowest BCUT2D eigenvalue weighted by Gasteiger charge is -2.11. The normalized spacial score (nSPS) is 11.5. The molecule has 0 fully saturated rings. The Balaban J connectivity index is 1.49. The van der Waals surface area contributed by atoms with Gasteiger partial charge in [0, 0.05) is 16.8 Å². The molecular weight excluding hydrogens is 472 g/mol. The smallest absolute Gasteiger partial charge is 0.387 e. The third kappa shape index (κ3) is 6.10. The number of amides is 1. The molecule has 0 saturated carbocycles. The summed E-state index contributed by atoms with van der Waals surface area (Å²) in [6, 6.07) is 25.5. The first-order valence-electron chi connectivity index (χ1n) is 10.6. The summed E-state index contributed by atoms with van der Waals surface area (Å²) in [6.45, 7) is -1.36. The quantitative estimate of drug-likeness (QED) is 0.198. The first-order valence-corrected chi connectivity index (χ1v) is 11.6. The van der Waals surface area contributed by atoms with Crippen molar-refractivity contribution in [3.05, 3.63) is 90.5 Å². The molecule has 35 heavy (non-hydrogen) atoms. The maximum Gasteiger partial charge on any atom is 0.387 e. The van der Waals surface area contributed by atoms with Crippen molar-refractivity contribution in [2.45, 2.75) is 18.7 Å². The van der Waals surface area contributed by atoms with Crippen molar-refractivity contribution >= 4 is 23.4 Å². The highest BCUT2D eigenvalue weighted by Gasteiger charge is 2.17. The van der Waals surface area contributed by atoms with Crippen LogP contribution in [0.4, 0.5) is 8.78 Å². The maximum absolute atomic E-state index is 12.7. The van der Waals surface area contributed by atoms with Crippen molar-refractivity contribution in [2.24, 2.45) is 5.10 Å². The highest BCUT2D eigenvalue weighted by molar-refractivity contribution is 7.99. The minimum absolute atomic E-state index is 0.0169. The third-order valence-corrected chi connectivity index (χ3v) is 5.78. The van der Waals surface area contributed by atoms with Gasteiger partial charge in [-0.2, -0.15) is 13.9 Å². The summed E-state index contributed by atoms with van der Waals surface area (Å²) in [5.41, 5.74) is 4.91. The number of hydrogen-bond donors (Lipinski definition) is 1. The summed E-state index contributed by atoms with van der Waals surface area (Å²) in [5.74, 6) is 0.276. The van der Waals surface area contributed by atoms with Crippen molar-refractivity contribution in [3.63, 3.8) is 0 Å². The van der Waals surface area contributed by atoms with E-state index in [4.69, 9.17) is 0 Å². The molecule has 4 rings (SSSR count). The van der Waals surface area contributed by atoms with Gasteiger partial charge in [-0.1, -0.05) is 72.4 Å². The maximum atomic E-state index is 12.7. The Morgan fingerprint density at radius 1 is 1.00 bits per heavy atom. The monoisotopic (exact) mass is 493 g/mol. The molecule has 0 unspecified atom stereocenters. The predicted octanol–water partition coefficient (Wildman–Crippen LogP) is 5.17. The van der Waals surface area contributed by atoms with Gasteiger partial charge in [0.15, 0.2) is 11.0 Å². The Morgan fingerprint density at radius 2 is 1.66 bits per heavy atom. The topological polar surface area (TPSA) is 81.4 Å². The van der Waals surface area contributed by atoms with Crippen molar-refractivity contribution < 1.29 is 18.3 Å². The Labute approximate surface area is 204 Å². The highest BCUT2D eigenvalue weighted by atomic mass is 32.2. The van der Waals surface area contributed by atoms with Gasteiger partial charge in [-0.15, -0.1) is 10.2 Å². The van der Waals surface area contributed by atoms with E-state index in [1.165, 1.54) is 17.8 Å². The Bertz CT molecular complexity index is 1310. The van der Waals surface area contributed by atoms with Crippen molar-refractivity contribution in [1.29, 1.82) is 0 Å². The number of hydrogen-bond acceptors (Lipinski definition) is 6. The zero-order valence-electron chi connectivity index (χ0n) is 18.6. The largest absolute Gasteiger partial charge is 0.434 e. The minimum Gasteiger partial charge on any atom is -0.434 e. The molecule has 0 radical (unpaired) electrons. The van der Waals surface area contributed by atoms with Crippen LogP contribution in [0.25, 0.3) is 17.1 Å². The lowest BCUT2D eigenvalue weighted by atomic mass is 10.1. The molecule has 7 nitrogen and oxygen atoms in total. The summed E-state index contributed by atoms with van der Waals surface area (Å²) in [5, 5.41) is 13.2.